The smallest absolute Gasteiger partial charge is 0.271 e. The first-order valence-electron chi connectivity index (χ1n) is 6.73. The standard InChI is InChI=1S/C16H16N2O3/c19-16(11-4-8-13-6-2-1-3-7-13)17-14-9-5-10-15(12-14)18(20)21/h1-3,5-7,9-10,12H,4,8,11H2,(H,17,19). The van der Waals surface area contributed by atoms with Gasteiger partial charge in [0.15, 0.2) is 0 Å². The van der Waals surface area contributed by atoms with Gasteiger partial charge in [-0.25, -0.2) is 0 Å². The van der Waals surface area contributed by atoms with Gasteiger partial charge in [0, 0.05) is 24.2 Å². The topological polar surface area (TPSA) is 72.2 Å². The number of anilines is 1. The first-order valence-corrected chi connectivity index (χ1v) is 6.73. The number of nitro groups is 1. The second kappa shape index (κ2) is 7.19. The average molecular weight is 284 g/mol. The highest BCUT2D eigenvalue weighted by molar-refractivity contribution is 5.90. The maximum Gasteiger partial charge on any atom is 0.271 e. The monoisotopic (exact) mass is 284 g/mol. The summed E-state index contributed by atoms with van der Waals surface area (Å²) in [6.07, 6.45) is 1.96. The van der Waals surface area contributed by atoms with Gasteiger partial charge >= 0.3 is 0 Å². The van der Waals surface area contributed by atoms with Crippen LogP contribution in [0, 0.1) is 10.1 Å². The Morgan fingerprint density at radius 3 is 2.57 bits per heavy atom. The Labute approximate surface area is 122 Å². The van der Waals surface area contributed by atoms with E-state index in [1.165, 1.54) is 17.7 Å². The summed E-state index contributed by atoms with van der Waals surface area (Å²) in [7, 11) is 0. The van der Waals surface area contributed by atoms with Crippen molar-refractivity contribution in [2.24, 2.45) is 0 Å². The minimum atomic E-state index is -0.481. The van der Waals surface area contributed by atoms with Gasteiger partial charge in [0.1, 0.15) is 0 Å². The molecule has 5 heteroatoms. The molecular weight excluding hydrogens is 268 g/mol. The average Bonchev–Trinajstić information content (AvgIpc) is 2.48. The van der Waals surface area contributed by atoms with Crippen LogP contribution < -0.4 is 5.32 Å². The third kappa shape index (κ3) is 4.72. The number of carbonyl (C=O) groups is 1. The van der Waals surface area contributed by atoms with Crippen molar-refractivity contribution in [3.63, 3.8) is 0 Å². The molecule has 1 amide bonds. The number of nitrogens with one attached hydrogen (secondary N) is 1. The summed E-state index contributed by atoms with van der Waals surface area (Å²) in [5, 5.41) is 13.3. The fourth-order valence-corrected chi connectivity index (χ4v) is 2.02. The first-order chi connectivity index (χ1) is 10.1. The van der Waals surface area contributed by atoms with E-state index in [0.717, 1.165) is 12.8 Å². The number of aryl methyl sites for hydroxylation is 1. The quantitative estimate of drug-likeness (QED) is 0.651. The first kappa shape index (κ1) is 14.7. The van der Waals surface area contributed by atoms with Crippen LogP contribution >= 0.6 is 0 Å². The van der Waals surface area contributed by atoms with Gasteiger partial charge in [0.05, 0.1) is 4.92 Å². The predicted molar refractivity (Wildman–Crippen MR) is 81.1 cm³/mol. The van der Waals surface area contributed by atoms with Crippen molar-refractivity contribution in [3.8, 4) is 0 Å². The van der Waals surface area contributed by atoms with E-state index in [1.54, 1.807) is 12.1 Å². The second-order valence-electron chi connectivity index (χ2n) is 4.69. The molecule has 2 rings (SSSR count). The van der Waals surface area contributed by atoms with Crippen molar-refractivity contribution in [2.75, 3.05) is 5.32 Å². The SMILES string of the molecule is O=C(CCCc1ccccc1)Nc1cccc([N+](=O)[O-])c1. The van der Waals surface area contributed by atoms with E-state index in [1.807, 2.05) is 30.3 Å². The molecule has 0 saturated heterocycles. The van der Waals surface area contributed by atoms with Crippen LogP contribution in [0.3, 0.4) is 0 Å². The van der Waals surface area contributed by atoms with E-state index in [0.29, 0.717) is 12.1 Å². The van der Waals surface area contributed by atoms with Crippen molar-refractivity contribution in [1.82, 2.24) is 0 Å². The van der Waals surface area contributed by atoms with E-state index >= 15 is 0 Å². The number of nitro benzene ring substituents is 1. The fourth-order valence-electron chi connectivity index (χ4n) is 2.02. The van der Waals surface area contributed by atoms with Crippen LogP contribution in [0.2, 0.25) is 0 Å². The molecule has 1 N–H and O–H groups in total. The molecule has 0 bridgehead atoms. The highest BCUT2D eigenvalue weighted by atomic mass is 16.6. The summed E-state index contributed by atoms with van der Waals surface area (Å²) in [6, 6.07) is 15.9. The summed E-state index contributed by atoms with van der Waals surface area (Å²) >= 11 is 0. The summed E-state index contributed by atoms with van der Waals surface area (Å²) in [6.45, 7) is 0. The number of hydrogen-bond acceptors (Lipinski definition) is 3. The van der Waals surface area contributed by atoms with E-state index in [-0.39, 0.29) is 11.6 Å². The molecule has 0 spiro atoms. The number of non-ortho nitro benzene ring substituents is 1. The summed E-state index contributed by atoms with van der Waals surface area (Å²) in [5.41, 5.74) is 1.62. The molecule has 0 heterocycles. The number of nitrogens with zero attached hydrogens (tertiary/aromatic N) is 1. The van der Waals surface area contributed by atoms with Gasteiger partial charge in [-0.1, -0.05) is 36.4 Å². The molecule has 0 aliphatic heterocycles. The van der Waals surface area contributed by atoms with Gasteiger partial charge in [0.2, 0.25) is 5.91 Å². The van der Waals surface area contributed by atoms with Crippen molar-refractivity contribution in [2.45, 2.75) is 19.3 Å². The lowest BCUT2D eigenvalue weighted by Crippen LogP contribution is -2.11. The van der Waals surface area contributed by atoms with Gasteiger partial charge in [0.25, 0.3) is 5.69 Å². The summed E-state index contributed by atoms with van der Waals surface area (Å²) in [5.74, 6) is -0.133. The lowest BCUT2D eigenvalue weighted by Gasteiger charge is -2.05. The molecule has 108 valence electrons. The molecule has 0 aliphatic carbocycles. The van der Waals surface area contributed by atoms with Gasteiger partial charge in [-0.15, -0.1) is 0 Å². The Kier molecular flexibility index (Phi) is 5.04. The van der Waals surface area contributed by atoms with Crippen molar-refractivity contribution in [3.05, 3.63) is 70.3 Å². The molecule has 0 aromatic heterocycles. The molecule has 2 aromatic carbocycles. The van der Waals surface area contributed by atoms with Crippen LogP contribution in [0.25, 0.3) is 0 Å². The number of rotatable bonds is 6. The highest BCUT2D eigenvalue weighted by Gasteiger charge is 2.08. The number of benzene rings is 2. The molecular formula is C16H16N2O3. The van der Waals surface area contributed by atoms with Gasteiger partial charge in [-0.05, 0) is 24.5 Å². The van der Waals surface area contributed by atoms with Gasteiger partial charge in [-0.3, -0.25) is 14.9 Å². The lowest BCUT2D eigenvalue weighted by atomic mass is 10.1. The zero-order chi connectivity index (χ0) is 15.1. The minimum Gasteiger partial charge on any atom is -0.326 e. The third-order valence-electron chi connectivity index (χ3n) is 3.05. The van der Waals surface area contributed by atoms with E-state index in [9.17, 15) is 14.9 Å². The lowest BCUT2D eigenvalue weighted by molar-refractivity contribution is -0.384. The maximum atomic E-state index is 11.8. The number of amides is 1. The summed E-state index contributed by atoms with van der Waals surface area (Å²) < 4.78 is 0. The van der Waals surface area contributed by atoms with Crippen LogP contribution in [0.4, 0.5) is 11.4 Å². The van der Waals surface area contributed by atoms with E-state index in [4.69, 9.17) is 0 Å². The molecule has 0 radical (unpaired) electrons. The Bertz CT molecular complexity index is 626. The zero-order valence-corrected chi connectivity index (χ0v) is 11.5. The zero-order valence-electron chi connectivity index (χ0n) is 11.5. The van der Waals surface area contributed by atoms with Gasteiger partial charge < -0.3 is 5.32 Å². The predicted octanol–water partition coefficient (Wildman–Crippen LogP) is 3.56. The van der Waals surface area contributed by atoms with Crippen LogP contribution in [-0.2, 0) is 11.2 Å². The summed E-state index contributed by atoms with van der Waals surface area (Å²) in [4.78, 5) is 22.0. The Morgan fingerprint density at radius 1 is 1.10 bits per heavy atom. The molecule has 5 nitrogen and oxygen atoms in total. The second-order valence-corrected chi connectivity index (χ2v) is 4.69. The van der Waals surface area contributed by atoms with Crippen LogP contribution in [-0.4, -0.2) is 10.8 Å². The molecule has 2 aromatic rings. The van der Waals surface area contributed by atoms with Crippen LogP contribution in [0.1, 0.15) is 18.4 Å². The molecule has 0 saturated carbocycles. The van der Waals surface area contributed by atoms with Crippen molar-refractivity contribution in [1.29, 1.82) is 0 Å². The number of carbonyl (C=O) groups excluding carboxylic acids is 1. The minimum absolute atomic E-state index is 0.0305. The molecule has 0 fully saturated rings. The third-order valence-corrected chi connectivity index (χ3v) is 3.05. The molecule has 0 atom stereocenters. The molecule has 0 unspecified atom stereocenters. The van der Waals surface area contributed by atoms with Crippen LogP contribution in [0.15, 0.2) is 54.6 Å². The maximum absolute atomic E-state index is 11.8. The Balaban J connectivity index is 1.82. The molecule has 21 heavy (non-hydrogen) atoms. The highest BCUT2D eigenvalue weighted by Crippen LogP contribution is 2.17. The van der Waals surface area contributed by atoms with Gasteiger partial charge in [-0.2, -0.15) is 0 Å². The van der Waals surface area contributed by atoms with E-state index in [2.05, 4.69) is 5.32 Å². The molecule has 0 aliphatic rings. The van der Waals surface area contributed by atoms with Crippen molar-refractivity contribution < 1.29 is 9.72 Å². The van der Waals surface area contributed by atoms with E-state index < -0.39 is 4.92 Å². The Morgan fingerprint density at radius 2 is 1.86 bits per heavy atom. The largest absolute Gasteiger partial charge is 0.326 e. The van der Waals surface area contributed by atoms with Crippen LogP contribution in [0.5, 0.6) is 0 Å². The normalized spacial score (nSPS) is 10.1. The number of hydrogen-bond donors (Lipinski definition) is 1. The van der Waals surface area contributed by atoms with Crippen molar-refractivity contribution >= 4 is 17.3 Å². The Hall–Kier alpha value is -2.69. The fraction of sp³-hybridized carbons (Fsp3) is 0.188.